The van der Waals surface area contributed by atoms with Gasteiger partial charge in [0.2, 0.25) is 10.0 Å². The lowest BCUT2D eigenvalue weighted by atomic mass is 9.96. The molecular weight excluding hydrogens is 352 g/mol. The minimum atomic E-state index is -3.52. The number of hydrogen-bond donors (Lipinski definition) is 2. The van der Waals surface area contributed by atoms with Gasteiger partial charge in [-0.1, -0.05) is 32.6 Å². The first-order valence-electron chi connectivity index (χ1n) is 9.45. The van der Waals surface area contributed by atoms with Crippen molar-refractivity contribution in [2.45, 2.75) is 75.8 Å². The van der Waals surface area contributed by atoms with E-state index >= 15 is 0 Å². The van der Waals surface area contributed by atoms with E-state index in [1.165, 1.54) is 18.6 Å². The van der Waals surface area contributed by atoms with E-state index in [9.17, 15) is 13.2 Å². The molecule has 0 bridgehead atoms. The molecule has 0 unspecified atom stereocenters. The Morgan fingerprint density at radius 1 is 1.19 bits per heavy atom. The Kier molecular flexibility index (Phi) is 7.90. The molecule has 2 N–H and O–H groups in total. The van der Waals surface area contributed by atoms with Gasteiger partial charge in [0.15, 0.2) is 6.61 Å². The molecule has 1 amide bonds. The van der Waals surface area contributed by atoms with E-state index in [-0.39, 0.29) is 29.5 Å². The maximum Gasteiger partial charge on any atom is 0.258 e. The van der Waals surface area contributed by atoms with Crippen molar-refractivity contribution < 1.29 is 17.9 Å². The number of ether oxygens (including phenoxy) is 1. The van der Waals surface area contributed by atoms with Gasteiger partial charge in [-0.2, -0.15) is 0 Å². The van der Waals surface area contributed by atoms with Crippen molar-refractivity contribution in [3.05, 3.63) is 24.3 Å². The van der Waals surface area contributed by atoms with Crippen molar-refractivity contribution in [3.63, 3.8) is 0 Å². The molecule has 0 saturated heterocycles. The monoisotopic (exact) mass is 382 g/mol. The molecule has 0 radical (unpaired) electrons. The highest BCUT2D eigenvalue weighted by Crippen LogP contribution is 2.21. The summed E-state index contributed by atoms with van der Waals surface area (Å²) < 4.78 is 33.1. The summed E-state index contributed by atoms with van der Waals surface area (Å²) in [6.07, 6.45) is 7.03. The van der Waals surface area contributed by atoms with Crippen LogP contribution in [0, 0.1) is 0 Å². The smallest absolute Gasteiger partial charge is 0.258 e. The summed E-state index contributed by atoms with van der Waals surface area (Å²) in [4.78, 5) is 12.0. The Bertz CT molecular complexity index is 667. The van der Waals surface area contributed by atoms with E-state index in [4.69, 9.17) is 4.74 Å². The summed E-state index contributed by atoms with van der Waals surface area (Å²) in [5, 5.41) is 2.86. The van der Waals surface area contributed by atoms with Crippen LogP contribution in [0.5, 0.6) is 5.75 Å². The Morgan fingerprint density at radius 3 is 2.46 bits per heavy atom. The Balaban J connectivity index is 1.86. The van der Waals surface area contributed by atoms with Gasteiger partial charge in [-0.05, 0) is 50.5 Å². The highest BCUT2D eigenvalue weighted by Gasteiger charge is 2.21. The lowest BCUT2D eigenvalue weighted by Crippen LogP contribution is -2.36. The van der Waals surface area contributed by atoms with Gasteiger partial charge in [0.25, 0.3) is 5.91 Å². The third kappa shape index (κ3) is 6.61. The van der Waals surface area contributed by atoms with Crippen LogP contribution >= 0.6 is 0 Å². The summed E-state index contributed by atoms with van der Waals surface area (Å²) in [5.74, 6) is 0.293. The van der Waals surface area contributed by atoms with Gasteiger partial charge in [0.1, 0.15) is 5.75 Å². The van der Waals surface area contributed by atoms with Gasteiger partial charge >= 0.3 is 0 Å². The number of carbonyl (C=O) groups is 1. The average Bonchev–Trinajstić information content (AvgIpc) is 2.61. The highest BCUT2D eigenvalue weighted by molar-refractivity contribution is 7.89. The third-order valence-electron chi connectivity index (χ3n) is 4.56. The first kappa shape index (κ1) is 20.7. The Labute approximate surface area is 156 Å². The zero-order valence-corrected chi connectivity index (χ0v) is 16.5. The maximum absolute atomic E-state index is 12.4. The minimum absolute atomic E-state index is 0.0264. The van der Waals surface area contributed by atoms with Gasteiger partial charge in [-0.3, -0.25) is 4.79 Å². The van der Waals surface area contributed by atoms with Gasteiger partial charge in [0, 0.05) is 12.1 Å². The molecule has 146 valence electrons. The Morgan fingerprint density at radius 2 is 1.85 bits per heavy atom. The zero-order valence-electron chi connectivity index (χ0n) is 15.7. The maximum atomic E-state index is 12.4. The SMILES string of the molecule is CCC[C@@H](C)NC(=O)COc1ccc(S(=O)(=O)NC2CCCCC2)cc1. The molecule has 0 aromatic heterocycles. The van der Waals surface area contributed by atoms with Crippen LogP contribution in [0.4, 0.5) is 0 Å². The number of benzene rings is 1. The zero-order chi connectivity index (χ0) is 19.0. The molecule has 1 aliphatic rings. The predicted octanol–water partition coefficient (Wildman–Crippen LogP) is 2.98. The third-order valence-corrected chi connectivity index (χ3v) is 6.10. The minimum Gasteiger partial charge on any atom is -0.484 e. The van der Waals surface area contributed by atoms with Crippen LogP contribution in [-0.4, -0.2) is 33.0 Å². The van der Waals surface area contributed by atoms with Crippen molar-refractivity contribution in [1.29, 1.82) is 0 Å². The number of hydrogen-bond acceptors (Lipinski definition) is 4. The summed E-state index contributed by atoms with van der Waals surface area (Å²) in [6.45, 7) is 3.94. The number of amides is 1. The quantitative estimate of drug-likeness (QED) is 0.688. The second-order valence-electron chi connectivity index (χ2n) is 6.97. The molecule has 1 aliphatic carbocycles. The van der Waals surface area contributed by atoms with Crippen LogP contribution in [0.25, 0.3) is 0 Å². The van der Waals surface area contributed by atoms with E-state index in [1.54, 1.807) is 12.1 Å². The molecule has 6 nitrogen and oxygen atoms in total. The number of rotatable bonds is 9. The van der Waals surface area contributed by atoms with E-state index in [0.717, 1.165) is 38.5 Å². The molecule has 26 heavy (non-hydrogen) atoms. The molecule has 2 rings (SSSR count). The first-order chi connectivity index (χ1) is 12.4. The molecule has 7 heteroatoms. The number of sulfonamides is 1. The van der Waals surface area contributed by atoms with Gasteiger partial charge in [0.05, 0.1) is 4.90 Å². The van der Waals surface area contributed by atoms with Gasteiger partial charge in [-0.15, -0.1) is 0 Å². The molecule has 0 aliphatic heterocycles. The lowest BCUT2D eigenvalue weighted by Gasteiger charge is -2.22. The van der Waals surface area contributed by atoms with Crippen LogP contribution in [0.3, 0.4) is 0 Å². The number of nitrogens with one attached hydrogen (secondary N) is 2. The Hall–Kier alpha value is -1.60. The second-order valence-corrected chi connectivity index (χ2v) is 8.69. The molecule has 1 fully saturated rings. The summed E-state index contributed by atoms with van der Waals surface area (Å²) in [5.41, 5.74) is 0. The van der Waals surface area contributed by atoms with Gasteiger partial charge < -0.3 is 10.1 Å². The normalized spacial score (nSPS) is 16.8. The number of carbonyl (C=O) groups excluding carboxylic acids is 1. The molecule has 0 heterocycles. The van der Waals surface area contributed by atoms with E-state index in [1.807, 2.05) is 6.92 Å². The first-order valence-corrected chi connectivity index (χ1v) is 10.9. The fraction of sp³-hybridized carbons (Fsp3) is 0.632. The average molecular weight is 383 g/mol. The van der Waals surface area contributed by atoms with Crippen LogP contribution in [-0.2, 0) is 14.8 Å². The van der Waals surface area contributed by atoms with Crippen molar-refractivity contribution in [2.24, 2.45) is 0 Å². The van der Waals surface area contributed by atoms with Gasteiger partial charge in [-0.25, -0.2) is 13.1 Å². The standard InChI is InChI=1S/C19H30N2O4S/c1-3-7-15(2)20-19(22)14-25-17-10-12-18(13-11-17)26(23,24)21-16-8-5-4-6-9-16/h10-13,15-16,21H,3-9,14H2,1-2H3,(H,20,22)/t15-/m1/s1. The van der Waals surface area contributed by atoms with E-state index in [2.05, 4.69) is 17.0 Å². The fourth-order valence-electron chi connectivity index (χ4n) is 3.19. The van der Waals surface area contributed by atoms with Crippen LogP contribution in [0.15, 0.2) is 29.2 Å². The largest absolute Gasteiger partial charge is 0.484 e. The molecule has 1 saturated carbocycles. The van der Waals surface area contributed by atoms with Crippen LogP contribution < -0.4 is 14.8 Å². The van der Waals surface area contributed by atoms with Crippen LogP contribution in [0.2, 0.25) is 0 Å². The lowest BCUT2D eigenvalue weighted by molar-refractivity contribution is -0.123. The van der Waals surface area contributed by atoms with Crippen molar-refractivity contribution in [2.75, 3.05) is 6.61 Å². The molecular formula is C19H30N2O4S. The molecule has 1 aromatic carbocycles. The molecule has 1 atom stereocenters. The van der Waals surface area contributed by atoms with Crippen molar-refractivity contribution in [1.82, 2.24) is 10.0 Å². The van der Waals surface area contributed by atoms with Crippen molar-refractivity contribution in [3.8, 4) is 5.75 Å². The molecule has 1 aromatic rings. The van der Waals surface area contributed by atoms with Crippen molar-refractivity contribution >= 4 is 15.9 Å². The summed E-state index contributed by atoms with van der Waals surface area (Å²) >= 11 is 0. The topological polar surface area (TPSA) is 84.5 Å². The fourth-order valence-corrected chi connectivity index (χ4v) is 4.50. The highest BCUT2D eigenvalue weighted by atomic mass is 32.2. The van der Waals surface area contributed by atoms with Crippen LogP contribution in [0.1, 0.15) is 58.8 Å². The second kappa shape index (κ2) is 9.92. The van der Waals surface area contributed by atoms with E-state index < -0.39 is 10.0 Å². The molecule has 0 spiro atoms. The predicted molar refractivity (Wildman–Crippen MR) is 102 cm³/mol. The summed E-state index contributed by atoms with van der Waals surface area (Å²) in [6, 6.07) is 6.33. The summed E-state index contributed by atoms with van der Waals surface area (Å²) in [7, 11) is -3.52. The van der Waals surface area contributed by atoms with E-state index in [0.29, 0.717) is 5.75 Å².